The Kier molecular flexibility index (Phi) is 4.82. The molecule has 0 aliphatic heterocycles. The second kappa shape index (κ2) is 6.13. The van der Waals surface area contributed by atoms with Gasteiger partial charge in [0.2, 0.25) is 0 Å². The Labute approximate surface area is 101 Å². The number of rotatable bonds is 5. The molecule has 17 heavy (non-hydrogen) atoms. The Morgan fingerprint density at radius 2 is 1.71 bits per heavy atom. The molecule has 0 heterocycles. The first kappa shape index (κ1) is 13.4. The molecule has 1 aromatic rings. The summed E-state index contributed by atoms with van der Waals surface area (Å²) in [7, 11) is 0. The van der Waals surface area contributed by atoms with Crippen LogP contribution in [0.5, 0.6) is 11.5 Å². The minimum atomic E-state index is -0.260. The molecular formula is C13H19NO3. The lowest BCUT2D eigenvalue weighted by molar-refractivity contribution is 0.0755. The Hall–Kier alpha value is -1.71. The maximum absolute atomic E-state index is 12.1. The molecule has 0 aliphatic carbocycles. The summed E-state index contributed by atoms with van der Waals surface area (Å²) in [6.07, 6.45) is 1.80. The van der Waals surface area contributed by atoms with Crippen LogP contribution in [-0.4, -0.2) is 34.1 Å². The quantitative estimate of drug-likeness (QED) is 0.773. The number of hydrogen-bond donors (Lipinski definition) is 2. The van der Waals surface area contributed by atoms with Gasteiger partial charge >= 0.3 is 0 Å². The van der Waals surface area contributed by atoms with Crippen molar-refractivity contribution in [3.8, 4) is 11.5 Å². The number of benzene rings is 1. The van der Waals surface area contributed by atoms with E-state index in [0.717, 1.165) is 12.8 Å². The lowest BCUT2D eigenvalue weighted by Gasteiger charge is -2.21. The van der Waals surface area contributed by atoms with E-state index in [9.17, 15) is 15.0 Å². The van der Waals surface area contributed by atoms with Crippen molar-refractivity contribution in [1.29, 1.82) is 0 Å². The van der Waals surface area contributed by atoms with E-state index < -0.39 is 0 Å². The van der Waals surface area contributed by atoms with Crippen LogP contribution in [0, 0.1) is 0 Å². The molecule has 0 saturated carbocycles. The highest BCUT2D eigenvalue weighted by atomic mass is 16.3. The molecule has 0 unspecified atom stereocenters. The van der Waals surface area contributed by atoms with E-state index in [1.165, 1.54) is 18.2 Å². The SMILES string of the molecule is CCCN(CCC)C(=O)c1ccc(O)c(O)c1. The van der Waals surface area contributed by atoms with E-state index >= 15 is 0 Å². The molecule has 0 radical (unpaired) electrons. The number of hydrogen-bond acceptors (Lipinski definition) is 3. The first-order valence-corrected chi connectivity index (χ1v) is 5.91. The van der Waals surface area contributed by atoms with Crippen LogP contribution >= 0.6 is 0 Å². The highest BCUT2D eigenvalue weighted by Crippen LogP contribution is 2.25. The Balaban J connectivity index is 2.88. The van der Waals surface area contributed by atoms with Gasteiger partial charge in [0.1, 0.15) is 0 Å². The highest BCUT2D eigenvalue weighted by Gasteiger charge is 2.15. The Bertz CT molecular complexity index is 384. The summed E-state index contributed by atoms with van der Waals surface area (Å²) in [5.41, 5.74) is 0.405. The number of carbonyl (C=O) groups is 1. The zero-order chi connectivity index (χ0) is 12.8. The maximum atomic E-state index is 12.1. The van der Waals surface area contributed by atoms with Gasteiger partial charge in [-0.3, -0.25) is 4.79 Å². The molecule has 2 N–H and O–H groups in total. The number of nitrogens with zero attached hydrogens (tertiary/aromatic N) is 1. The predicted molar refractivity (Wildman–Crippen MR) is 66.3 cm³/mol. The van der Waals surface area contributed by atoms with Gasteiger partial charge in [0.25, 0.3) is 5.91 Å². The standard InChI is InChI=1S/C13H19NO3/c1-3-7-14(8-4-2)13(17)10-5-6-11(15)12(16)9-10/h5-6,9,15-16H,3-4,7-8H2,1-2H3. The van der Waals surface area contributed by atoms with Crippen molar-refractivity contribution in [2.24, 2.45) is 0 Å². The molecule has 0 aromatic heterocycles. The molecule has 1 aromatic carbocycles. The van der Waals surface area contributed by atoms with Gasteiger partial charge in [0.15, 0.2) is 11.5 Å². The Morgan fingerprint density at radius 3 is 2.18 bits per heavy atom. The van der Waals surface area contributed by atoms with Crippen molar-refractivity contribution >= 4 is 5.91 Å². The minimum Gasteiger partial charge on any atom is -0.504 e. The van der Waals surface area contributed by atoms with Crippen LogP contribution in [0.25, 0.3) is 0 Å². The molecule has 0 bridgehead atoms. The van der Waals surface area contributed by atoms with Gasteiger partial charge in [-0.2, -0.15) is 0 Å². The van der Waals surface area contributed by atoms with Gasteiger partial charge < -0.3 is 15.1 Å². The fourth-order valence-electron chi connectivity index (χ4n) is 1.69. The van der Waals surface area contributed by atoms with Crippen molar-refractivity contribution in [3.05, 3.63) is 23.8 Å². The predicted octanol–water partition coefficient (Wildman–Crippen LogP) is 2.36. The summed E-state index contributed by atoms with van der Waals surface area (Å²) in [4.78, 5) is 13.9. The van der Waals surface area contributed by atoms with Crippen LogP contribution < -0.4 is 0 Å². The van der Waals surface area contributed by atoms with E-state index in [-0.39, 0.29) is 17.4 Å². The second-order valence-electron chi connectivity index (χ2n) is 4.00. The van der Waals surface area contributed by atoms with Crippen LogP contribution in [0.15, 0.2) is 18.2 Å². The molecule has 1 amide bonds. The van der Waals surface area contributed by atoms with Crippen molar-refractivity contribution < 1.29 is 15.0 Å². The van der Waals surface area contributed by atoms with Crippen LogP contribution in [0.2, 0.25) is 0 Å². The first-order valence-electron chi connectivity index (χ1n) is 5.91. The monoisotopic (exact) mass is 237 g/mol. The van der Waals surface area contributed by atoms with Gasteiger partial charge in [0, 0.05) is 18.7 Å². The number of phenolic OH excluding ortho intramolecular Hbond substituents is 2. The highest BCUT2D eigenvalue weighted by molar-refractivity contribution is 5.94. The van der Waals surface area contributed by atoms with Gasteiger partial charge in [-0.25, -0.2) is 0 Å². The molecule has 4 heteroatoms. The average molecular weight is 237 g/mol. The van der Waals surface area contributed by atoms with Gasteiger partial charge in [0.05, 0.1) is 0 Å². The fourth-order valence-corrected chi connectivity index (χ4v) is 1.69. The van der Waals surface area contributed by atoms with Gasteiger partial charge in [-0.05, 0) is 31.0 Å². The second-order valence-corrected chi connectivity index (χ2v) is 4.00. The third-order valence-electron chi connectivity index (χ3n) is 2.50. The summed E-state index contributed by atoms with van der Waals surface area (Å²) in [6, 6.07) is 4.16. The molecule has 0 atom stereocenters. The summed E-state index contributed by atoms with van der Waals surface area (Å²) in [6.45, 7) is 5.44. The first-order chi connectivity index (χ1) is 8.10. The third-order valence-corrected chi connectivity index (χ3v) is 2.50. The average Bonchev–Trinajstić information content (AvgIpc) is 2.31. The molecule has 4 nitrogen and oxygen atoms in total. The van der Waals surface area contributed by atoms with Crippen LogP contribution in [0.3, 0.4) is 0 Å². The zero-order valence-electron chi connectivity index (χ0n) is 10.3. The Morgan fingerprint density at radius 1 is 1.12 bits per heavy atom. The van der Waals surface area contributed by atoms with E-state index in [0.29, 0.717) is 18.7 Å². The summed E-state index contributed by atoms with van der Waals surface area (Å²) in [5.74, 6) is -0.577. The summed E-state index contributed by atoms with van der Waals surface area (Å²) < 4.78 is 0. The normalized spacial score (nSPS) is 10.2. The fraction of sp³-hybridized carbons (Fsp3) is 0.462. The lowest BCUT2D eigenvalue weighted by Crippen LogP contribution is -2.32. The molecule has 0 saturated heterocycles. The molecule has 94 valence electrons. The zero-order valence-corrected chi connectivity index (χ0v) is 10.3. The van der Waals surface area contributed by atoms with E-state index in [2.05, 4.69) is 0 Å². The third kappa shape index (κ3) is 3.37. The minimum absolute atomic E-state index is 0.107. The number of phenols is 2. The smallest absolute Gasteiger partial charge is 0.253 e. The molecule has 0 spiro atoms. The molecule has 0 fully saturated rings. The molecule has 1 rings (SSSR count). The number of amides is 1. The van der Waals surface area contributed by atoms with Crippen molar-refractivity contribution in [2.75, 3.05) is 13.1 Å². The van der Waals surface area contributed by atoms with Crippen molar-refractivity contribution in [2.45, 2.75) is 26.7 Å². The number of aromatic hydroxyl groups is 2. The van der Waals surface area contributed by atoms with Crippen molar-refractivity contribution in [1.82, 2.24) is 4.90 Å². The molecule has 0 aliphatic rings. The van der Waals surface area contributed by atoms with E-state index in [1.54, 1.807) is 4.90 Å². The van der Waals surface area contributed by atoms with E-state index in [4.69, 9.17) is 0 Å². The molecular weight excluding hydrogens is 218 g/mol. The topological polar surface area (TPSA) is 60.8 Å². The summed E-state index contributed by atoms with van der Waals surface area (Å²) >= 11 is 0. The number of carbonyl (C=O) groups excluding carboxylic acids is 1. The van der Waals surface area contributed by atoms with Crippen LogP contribution in [0.4, 0.5) is 0 Å². The van der Waals surface area contributed by atoms with Gasteiger partial charge in [-0.1, -0.05) is 13.8 Å². The van der Waals surface area contributed by atoms with E-state index in [1.807, 2.05) is 13.8 Å². The van der Waals surface area contributed by atoms with Gasteiger partial charge in [-0.15, -0.1) is 0 Å². The van der Waals surface area contributed by atoms with Crippen LogP contribution in [0.1, 0.15) is 37.0 Å². The lowest BCUT2D eigenvalue weighted by atomic mass is 10.1. The van der Waals surface area contributed by atoms with Crippen LogP contribution in [-0.2, 0) is 0 Å². The van der Waals surface area contributed by atoms with Crippen molar-refractivity contribution in [3.63, 3.8) is 0 Å². The maximum Gasteiger partial charge on any atom is 0.253 e. The largest absolute Gasteiger partial charge is 0.504 e. The summed E-state index contributed by atoms with van der Waals surface area (Å²) in [5, 5.41) is 18.6.